The molecule has 2 aromatic carbocycles. The average molecular weight is 270 g/mol. The van der Waals surface area contributed by atoms with Crippen LogP contribution in [0.1, 0.15) is 15.9 Å². The molecule has 5 nitrogen and oxygen atoms in total. The van der Waals surface area contributed by atoms with Crippen molar-refractivity contribution in [3.63, 3.8) is 0 Å². The van der Waals surface area contributed by atoms with E-state index in [0.29, 0.717) is 28.4 Å². The summed E-state index contributed by atoms with van der Waals surface area (Å²) in [5, 5.41) is 2.80. The highest BCUT2D eigenvalue weighted by Gasteiger charge is 2.15. The lowest BCUT2D eigenvalue weighted by atomic mass is 10.1. The quantitative estimate of drug-likeness (QED) is 0.822. The summed E-state index contributed by atoms with van der Waals surface area (Å²) in [6.07, 6.45) is 0. The fraction of sp³-hybridized carbons (Fsp3) is 0.133. The number of rotatable bonds is 2. The molecule has 1 aliphatic heterocycles. The molecule has 5 heteroatoms. The number of aryl methyl sites for hydroxylation is 1. The van der Waals surface area contributed by atoms with Crippen LogP contribution in [0.15, 0.2) is 36.4 Å². The van der Waals surface area contributed by atoms with Crippen LogP contribution in [-0.4, -0.2) is 12.7 Å². The standard InChI is InChI=1S/C15H14N2O3/c1-9-3-2-4-11(14(9)16)15(18)17-10-5-6-12-13(7-10)20-8-19-12/h2-7H,8,16H2,1H3,(H,17,18). The van der Waals surface area contributed by atoms with Gasteiger partial charge in [-0.05, 0) is 30.7 Å². The fourth-order valence-corrected chi connectivity index (χ4v) is 2.05. The van der Waals surface area contributed by atoms with Crippen LogP contribution in [-0.2, 0) is 0 Å². The monoisotopic (exact) mass is 270 g/mol. The van der Waals surface area contributed by atoms with Gasteiger partial charge in [-0.25, -0.2) is 0 Å². The molecule has 0 unspecified atom stereocenters. The Labute approximate surface area is 116 Å². The van der Waals surface area contributed by atoms with E-state index in [1.807, 2.05) is 13.0 Å². The lowest BCUT2D eigenvalue weighted by Gasteiger charge is -2.09. The summed E-state index contributed by atoms with van der Waals surface area (Å²) >= 11 is 0. The second-order valence-corrected chi connectivity index (χ2v) is 4.56. The topological polar surface area (TPSA) is 73.6 Å². The first-order chi connectivity index (χ1) is 9.65. The summed E-state index contributed by atoms with van der Waals surface area (Å²) in [4.78, 5) is 12.2. The molecule has 1 heterocycles. The van der Waals surface area contributed by atoms with Crippen molar-refractivity contribution in [2.45, 2.75) is 6.92 Å². The molecule has 102 valence electrons. The summed E-state index contributed by atoms with van der Waals surface area (Å²) in [6.45, 7) is 2.07. The molecule has 20 heavy (non-hydrogen) atoms. The normalized spacial score (nSPS) is 12.2. The average Bonchev–Trinajstić information content (AvgIpc) is 2.89. The molecule has 0 aliphatic carbocycles. The van der Waals surface area contributed by atoms with Gasteiger partial charge in [-0.2, -0.15) is 0 Å². The van der Waals surface area contributed by atoms with Crippen molar-refractivity contribution in [2.75, 3.05) is 17.8 Å². The van der Waals surface area contributed by atoms with Gasteiger partial charge in [-0.1, -0.05) is 12.1 Å². The smallest absolute Gasteiger partial charge is 0.257 e. The van der Waals surface area contributed by atoms with Gasteiger partial charge >= 0.3 is 0 Å². The van der Waals surface area contributed by atoms with Gasteiger partial charge in [0.1, 0.15) is 0 Å². The van der Waals surface area contributed by atoms with Gasteiger partial charge in [0.05, 0.1) is 5.56 Å². The molecule has 0 atom stereocenters. The molecule has 3 N–H and O–H groups in total. The van der Waals surface area contributed by atoms with E-state index < -0.39 is 0 Å². The predicted molar refractivity (Wildman–Crippen MR) is 76.1 cm³/mol. The number of benzene rings is 2. The Morgan fingerprint density at radius 2 is 2.00 bits per heavy atom. The number of carbonyl (C=O) groups excluding carboxylic acids is 1. The second kappa shape index (κ2) is 4.77. The van der Waals surface area contributed by atoms with Crippen molar-refractivity contribution in [1.82, 2.24) is 0 Å². The van der Waals surface area contributed by atoms with Crippen LogP contribution in [0.5, 0.6) is 11.5 Å². The van der Waals surface area contributed by atoms with Gasteiger partial charge in [0.25, 0.3) is 5.91 Å². The van der Waals surface area contributed by atoms with E-state index in [2.05, 4.69) is 5.32 Å². The molecule has 3 rings (SSSR count). The van der Waals surface area contributed by atoms with Crippen LogP contribution in [0, 0.1) is 6.92 Å². The second-order valence-electron chi connectivity index (χ2n) is 4.56. The van der Waals surface area contributed by atoms with Crippen molar-refractivity contribution < 1.29 is 14.3 Å². The molecule has 1 aliphatic rings. The third-order valence-electron chi connectivity index (χ3n) is 3.20. The first-order valence-corrected chi connectivity index (χ1v) is 6.21. The third kappa shape index (κ3) is 2.14. The zero-order valence-electron chi connectivity index (χ0n) is 11.0. The number of nitrogens with two attached hydrogens (primary N) is 1. The van der Waals surface area contributed by atoms with Crippen LogP contribution in [0.25, 0.3) is 0 Å². The minimum absolute atomic E-state index is 0.206. The van der Waals surface area contributed by atoms with Crippen molar-refractivity contribution >= 4 is 17.3 Å². The number of carbonyl (C=O) groups is 1. The van der Waals surface area contributed by atoms with Crippen LogP contribution in [0.2, 0.25) is 0 Å². The fourth-order valence-electron chi connectivity index (χ4n) is 2.05. The third-order valence-corrected chi connectivity index (χ3v) is 3.20. The molecule has 0 saturated heterocycles. The number of nitrogen functional groups attached to an aromatic ring is 1. The van der Waals surface area contributed by atoms with E-state index in [1.54, 1.807) is 30.3 Å². The van der Waals surface area contributed by atoms with Crippen molar-refractivity contribution in [3.05, 3.63) is 47.5 Å². The molecular weight excluding hydrogens is 256 g/mol. The Balaban J connectivity index is 1.84. The Morgan fingerprint density at radius 1 is 1.20 bits per heavy atom. The maximum Gasteiger partial charge on any atom is 0.257 e. The minimum atomic E-state index is -0.245. The summed E-state index contributed by atoms with van der Waals surface area (Å²) in [6, 6.07) is 10.6. The molecule has 0 aromatic heterocycles. The molecule has 0 fully saturated rings. The Bertz CT molecular complexity index is 683. The Hall–Kier alpha value is -2.69. The van der Waals surface area contributed by atoms with Crippen molar-refractivity contribution in [2.24, 2.45) is 0 Å². The lowest BCUT2D eigenvalue weighted by molar-refractivity contribution is 0.102. The molecular formula is C15H14N2O3. The van der Waals surface area contributed by atoms with Crippen molar-refractivity contribution in [1.29, 1.82) is 0 Å². The van der Waals surface area contributed by atoms with Crippen LogP contribution in [0.3, 0.4) is 0 Å². The van der Waals surface area contributed by atoms with Gasteiger partial charge in [-0.15, -0.1) is 0 Å². The van der Waals surface area contributed by atoms with E-state index in [4.69, 9.17) is 15.2 Å². The van der Waals surface area contributed by atoms with Crippen LogP contribution in [0.4, 0.5) is 11.4 Å². The zero-order chi connectivity index (χ0) is 14.1. The van der Waals surface area contributed by atoms with Gasteiger partial charge in [0.2, 0.25) is 6.79 Å². The van der Waals surface area contributed by atoms with Crippen LogP contribution < -0.4 is 20.5 Å². The highest BCUT2D eigenvalue weighted by Crippen LogP contribution is 2.34. The first kappa shape index (κ1) is 12.3. The maximum absolute atomic E-state index is 12.2. The highest BCUT2D eigenvalue weighted by atomic mass is 16.7. The van der Waals surface area contributed by atoms with E-state index in [1.165, 1.54) is 0 Å². The SMILES string of the molecule is Cc1cccc(C(=O)Nc2ccc3c(c2)OCO3)c1N. The number of nitrogens with one attached hydrogen (secondary N) is 1. The largest absolute Gasteiger partial charge is 0.454 e. The van der Waals surface area contributed by atoms with Gasteiger partial charge in [0.15, 0.2) is 11.5 Å². The molecule has 1 amide bonds. The minimum Gasteiger partial charge on any atom is -0.454 e. The van der Waals surface area contributed by atoms with E-state index in [9.17, 15) is 4.79 Å². The first-order valence-electron chi connectivity index (χ1n) is 6.21. The summed E-state index contributed by atoms with van der Waals surface area (Å²) in [5.74, 6) is 1.06. The number of anilines is 2. The number of fused-ring (bicyclic) bond motifs is 1. The maximum atomic E-state index is 12.2. The van der Waals surface area contributed by atoms with E-state index in [0.717, 1.165) is 5.56 Å². The van der Waals surface area contributed by atoms with E-state index in [-0.39, 0.29) is 12.7 Å². The van der Waals surface area contributed by atoms with Gasteiger partial charge < -0.3 is 20.5 Å². The number of hydrogen-bond acceptors (Lipinski definition) is 4. The number of para-hydroxylation sites is 1. The molecule has 2 aromatic rings. The van der Waals surface area contributed by atoms with Gasteiger partial charge in [0, 0.05) is 17.4 Å². The molecule has 0 bridgehead atoms. The van der Waals surface area contributed by atoms with E-state index >= 15 is 0 Å². The molecule has 0 saturated carbocycles. The predicted octanol–water partition coefficient (Wildman–Crippen LogP) is 2.56. The number of ether oxygens (including phenoxy) is 2. The lowest BCUT2D eigenvalue weighted by Crippen LogP contribution is -2.14. The molecule has 0 radical (unpaired) electrons. The zero-order valence-corrected chi connectivity index (χ0v) is 11.0. The highest BCUT2D eigenvalue weighted by molar-refractivity contribution is 6.08. The van der Waals surface area contributed by atoms with Crippen LogP contribution >= 0.6 is 0 Å². The summed E-state index contributed by atoms with van der Waals surface area (Å²) in [5.41, 5.74) is 8.39. The molecule has 0 spiro atoms. The number of hydrogen-bond donors (Lipinski definition) is 2. The Morgan fingerprint density at radius 3 is 2.85 bits per heavy atom. The van der Waals surface area contributed by atoms with Crippen molar-refractivity contribution in [3.8, 4) is 11.5 Å². The summed E-state index contributed by atoms with van der Waals surface area (Å²) < 4.78 is 10.5. The summed E-state index contributed by atoms with van der Waals surface area (Å²) in [7, 11) is 0. The van der Waals surface area contributed by atoms with Gasteiger partial charge in [-0.3, -0.25) is 4.79 Å². The number of amides is 1. The Kier molecular flexibility index (Phi) is 2.95.